The zero-order chi connectivity index (χ0) is 24.5. The summed E-state index contributed by atoms with van der Waals surface area (Å²) in [7, 11) is 0. The van der Waals surface area contributed by atoms with Crippen LogP contribution in [0.15, 0.2) is 54.9 Å². The van der Waals surface area contributed by atoms with E-state index < -0.39 is 0 Å². The summed E-state index contributed by atoms with van der Waals surface area (Å²) in [6, 6.07) is 14.8. The average molecular weight is 470 g/mol. The second kappa shape index (κ2) is 9.17. The van der Waals surface area contributed by atoms with Gasteiger partial charge in [0, 0.05) is 28.9 Å². The molecule has 1 aliphatic carbocycles. The van der Waals surface area contributed by atoms with Crippen molar-refractivity contribution in [3.05, 3.63) is 60.4 Å². The molecule has 9 heteroatoms. The first-order valence-corrected chi connectivity index (χ1v) is 11.7. The molecule has 0 unspecified atom stereocenters. The van der Waals surface area contributed by atoms with Gasteiger partial charge in [-0.15, -0.1) is 0 Å². The number of aromatic nitrogens is 4. The molecular weight excluding hydrogens is 442 g/mol. The third-order valence-electron chi connectivity index (χ3n) is 5.86. The number of fused-ring (bicyclic) bond motifs is 1. The summed E-state index contributed by atoms with van der Waals surface area (Å²) < 4.78 is 1.83. The summed E-state index contributed by atoms with van der Waals surface area (Å²) in [6.07, 6.45) is 3.27. The Kier molecular flexibility index (Phi) is 5.90. The van der Waals surface area contributed by atoms with E-state index in [-0.39, 0.29) is 23.9 Å². The second-order valence-corrected chi connectivity index (χ2v) is 9.10. The summed E-state index contributed by atoms with van der Waals surface area (Å²) in [5.74, 6) is 0.501. The third kappa shape index (κ3) is 4.84. The van der Waals surface area contributed by atoms with E-state index in [9.17, 15) is 9.59 Å². The second-order valence-electron chi connectivity index (χ2n) is 9.10. The SMILES string of the molecule is Cc1cccc(NC(=O)Nc2ccc(-c3nn(C(C)C)c4ncnc(NC(=O)C5CC5)c34)cc2)c1. The van der Waals surface area contributed by atoms with Gasteiger partial charge in [0.1, 0.15) is 17.8 Å². The molecule has 1 saturated carbocycles. The number of amides is 3. The van der Waals surface area contributed by atoms with Crippen molar-refractivity contribution < 1.29 is 9.59 Å². The fraction of sp³-hybridized carbons (Fsp3) is 0.269. The number of rotatable bonds is 6. The lowest BCUT2D eigenvalue weighted by Gasteiger charge is -2.09. The van der Waals surface area contributed by atoms with E-state index in [4.69, 9.17) is 5.10 Å². The van der Waals surface area contributed by atoms with E-state index in [2.05, 4.69) is 25.9 Å². The van der Waals surface area contributed by atoms with Crippen LogP contribution in [0.5, 0.6) is 0 Å². The molecule has 178 valence electrons. The molecule has 5 rings (SSSR count). The Morgan fingerprint density at radius 3 is 2.40 bits per heavy atom. The molecule has 9 nitrogen and oxygen atoms in total. The van der Waals surface area contributed by atoms with Crippen LogP contribution >= 0.6 is 0 Å². The molecule has 0 aliphatic heterocycles. The van der Waals surface area contributed by atoms with Crippen LogP contribution in [0.2, 0.25) is 0 Å². The smallest absolute Gasteiger partial charge is 0.310 e. The van der Waals surface area contributed by atoms with E-state index in [0.29, 0.717) is 28.2 Å². The fourth-order valence-electron chi connectivity index (χ4n) is 3.92. The molecule has 0 spiro atoms. The van der Waals surface area contributed by atoms with Gasteiger partial charge in [0.2, 0.25) is 5.91 Å². The first-order chi connectivity index (χ1) is 16.9. The number of benzene rings is 2. The predicted molar refractivity (Wildman–Crippen MR) is 136 cm³/mol. The van der Waals surface area contributed by atoms with Crippen LogP contribution in [-0.4, -0.2) is 31.7 Å². The molecule has 4 aromatic rings. The highest BCUT2D eigenvalue weighted by Crippen LogP contribution is 2.35. The lowest BCUT2D eigenvalue weighted by molar-refractivity contribution is -0.117. The zero-order valence-electron chi connectivity index (χ0n) is 19.9. The van der Waals surface area contributed by atoms with Gasteiger partial charge in [0.15, 0.2) is 5.65 Å². The number of urea groups is 1. The van der Waals surface area contributed by atoms with E-state index in [1.807, 2.05) is 74.0 Å². The zero-order valence-corrected chi connectivity index (χ0v) is 19.9. The largest absolute Gasteiger partial charge is 0.323 e. The van der Waals surface area contributed by atoms with E-state index in [0.717, 1.165) is 29.7 Å². The van der Waals surface area contributed by atoms with Gasteiger partial charge in [-0.2, -0.15) is 5.10 Å². The average Bonchev–Trinajstić information content (AvgIpc) is 3.60. The van der Waals surface area contributed by atoms with Crippen molar-refractivity contribution in [2.24, 2.45) is 5.92 Å². The maximum Gasteiger partial charge on any atom is 0.323 e. The number of nitrogens with one attached hydrogen (secondary N) is 3. The third-order valence-corrected chi connectivity index (χ3v) is 5.86. The van der Waals surface area contributed by atoms with Crippen molar-refractivity contribution in [1.29, 1.82) is 0 Å². The summed E-state index contributed by atoms with van der Waals surface area (Å²) in [6.45, 7) is 6.03. The summed E-state index contributed by atoms with van der Waals surface area (Å²) in [5.41, 5.74) is 4.61. The maximum atomic E-state index is 12.5. The Balaban J connectivity index is 1.42. The van der Waals surface area contributed by atoms with Crippen molar-refractivity contribution in [3.63, 3.8) is 0 Å². The van der Waals surface area contributed by atoms with Gasteiger partial charge in [-0.3, -0.25) is 4.79 Å². The molecule has 1 fully saturated rings. The topological polar surface area (TPSA) is 114 Å². The summed E-state index contributed by atoms with van der Waals surface area (Å²) in [5, 5.41) is 14.2. The normalized spacial score (nSPS) is 13.1. The van der Waals surface area contributed by atoms with Gasteiger partial charge in [-0.25, -0.2) is 19.4 Å². The number of hydrogen-bond donors (Lipinski definition) is 3. The van der Waals surface area contributed by atoms with Crippen molar-refractivity contribution in [2.75, 3.05) is 16.0 Å². The number of carbonyl (C=O) groups is 2. The molecule has 2 aromatic carbocycles. The van der Waals surface area contributed by atoms with Crippen LogP contribution in [0.1, 0.15) is 38.3 Å². The molecular formula is C26H27N7O2. The molecule has 0 atom stereocenters. The molecule has 1 aliphatic rings. The van der Waals surface area contributed by atoms with Gasteiger partial charge in [0.05, 0.1) is 5.39 Å². The number of hydrogen-bond acceptors (Lipinski definition) is 5. The standard InChI is InChI=1S/C26H27N7O2/c1-15(2)33-24-21(23(27-14-28-24)31-25(34)18-7-8-18)22(32-33)17-9-11-19(12-10-17)29-26(35)30-20-6-4-5-16(3)13-20/h4-6,9-15,18H,7-8H2,1-3H3,(H2,29,30,35)(H,27,28,31,34). The molecule has 3 amide bonds. The van der Waals surface area contributed by atoms with Crippen molar-refractivity contribution in [1.82, 2.24) is 19.7 Å². The Morgan fingerprint density at radius 2 is 1.71 bits per heavy atom. The van der Waals surface area contributed by atoms with Crippen LogP contribution in [-0.2, 0) is 4.79 Å². The van der Waals surface area contributed by atoms with Gasteiger partial charge in [-0.05, 0) is 63.4 Å². The van der Waals surface area contributed by atoms with E-state index in [1.165, 1.54) is 6.33 Å². The Labute approximate surface area is 203 Å². The quantitative estimate of drug-likeness (QED) is 0.351. The Hall–Kier alpha value is -4.27. The van der Waals surface area contributed by atoms with Crippen LogP contribution < -0.4 is 16.0 Å². The lowest BCUT2D eigenvalue weighted by Crippen LogP contribution is -2.19. The number of anilines is 3. The van der Waals surface area contributed by atoms with E-state index in [1.54, 1.807) is 0 Å². The molecule has 0 saturated heterocycles. The highest BCUT2D eigenvalue weighted by molar-refractivity contribution is 6.05. The van der Waals surface area contributed by atoms with Crippen molar-refractivity contribution >= 4 is 40.2 Å². The highest BCUT2D eigenvalue weighted by atomic mass is 16.2. The summed E-state index contributed by atoms with van der Waals surface area (Å²) in [4.78, 5) is 33.7. The number of nitrogens with zero attached hydrogens (tertiary/aromatic N) is 4. The molecule has 3 N–H and O–H groups in total. The monoisotopic (exact) mass is 469 g/mol. The Bertz CT molecular complexity index is 1410. The summed E-state index contributed by atoms with van der Waals surface area (Å²) >= 11 is 0. The first-order valence-electron chi connectivity index (χ1n) is 11.7. The molecule has 2 aromatic heterocycles. The van der Waals surface area contributed by atoms with Crippen LogP contribution in [0.3, 0.4) is 0 Å². The first kappa shape index (κ1) is 22.5. The van der Waals surface area contributed by atoms with Gasteiger partial charge >= 0.3 is 6.03 Å². The number of carbonyl (C=O) groups excluding carboxylic acids is 2. The molecule has 35 heavy (non-hydrogen) atoms. The van der Waals surface area contributed by atoms with Crippen LogP contribution in [0.25, 0.3) is 22.3 Å². The molecule has 0 bridgehead atoms. The highest BCUT2D eigenvalue weighted by Gasteiger charge is 2.31. The minimum Gasteiger partial charge on any atom is -0.310 e. The van der Waals surface area contributed by atoms with Gasteiger partial charge < -0.3 is 16.0 Å². The fourth-order valence-corrected chi connectivity index (χ4v) is 3.92. The van der Waals surface area contributed by atoms with E-state index >= 15 is 0 Å². The lowest BCUT2D eigenvalue weighted by atomic mass is 10.1. The van der Waals surface area contributed by atoms with Gasteiger partial charge in [-0.1, -0.05) is 24.3 Å². The minimum absolute atomic E-state index is 0.0209. The minimum atomic E-state index is -0.323. The Morgan fingerprint density at radius 1 is 0.971 bits per heavy atom. The van der Waals surface area contributed by atoms with Crippen LogP contribution in [0.4, 0.5) is 22.0 Å². The number of aryl methyl sites for hydroxylation is 1. The predicted octanol–water partition coefficient (Wildman–Crippen LogP) is 5.38. The van der Waals surface area contributed by atoms with Crippen molar-refractivity contribution in [3.8, 4) is 11.3 Å². The van der Waals surface area contributed by atoms with Crippen molar-refractivity contribution in [2.45, 2.75) is 39.7 Å². The molecule has 0 radical (unpaired) electrons. The van der Waals surface area contributed by atoms with Crippen LogP contribution in [0, 0.1) is 12.8 Å². The molecule has 2 heterocycles. The van der Waals surface area contributed by atoms with Gasteiger partial charge in [0.25, 0.3) is 0 Å². The maximum absolute atomic E-state index is 12.5.